The maximum absolute atomic E-state index is 13.7. The van der Waals surface area contributed by atoms with Gasteiger partial charge in [-0.3, -0.25) is 4.79 Å². The highest BCUT2D eigenvalue weighted by Gasteiger charge is 2.29. The van der Waals surface area contributed by atoms with Crippen molar-refractivity contribution in [3.05, 3.63) is 35.9 Å². The van der Waals surface area contributed by atoms with E-state index in [2.05, 4.69) is 9.97 Å². The van der Waals surface area contributed by atoms with Crippen molar-refractivity contribution in [3.63, 3.8) is 0 Å². The molecule has 1 fully saturated rings. The average molecular weight is 374 g/mol. The molecule has 3 N–H and O–H groups in total. The molecule has 6 nitrogen and oxygen atoms in total. The van der Waals surface area contributed by atoms with Crippen LogP contribution in [-0.4, -0.2) is 46.0 Å². The lowest BCUT2D eigenvalue weighted by Gasteiger charge is -2.34. The van der Waals surface area contributed by atoms with Crippen LogP contribution in [0, 0.1) is 18.7 Å². The van der Waals surface area contributed by atoms with E-state index in [0.29, 0.717) is 43.1 Å². The third-order valence-corrected chi connectivity index (χ3v) is 4.95. The first-order valence-corrected chi connectivity index (χ1v) is 9.37. The second-order valence-corrected chi connectivity index (χ2v) is 7.47. The maximum atomic E-state index is 13.7. The smallest absolute Gasteiger partial charge is 0.239 e. The van der Waals surface area contributed by atoms with E-state index in [1.165, 1.54) is 12.1 Å². The van der Waals surface area contributed by atoms with Crippen LogP contribution in [-0.2, 0) is 4.79 Å². The van der Waals surface area contributed by atoms with Crippen molar-refractivity contribution in [1.29, 1.82) is 0 Å². The number of aromatic amines is 1. The van der Waals surface area contributed by atoms with Crippen LogP contribution in [0.15, 0.2) is 24.4 Å². The summed E-state index contributed by atoms with van der Waals surface area (Å²) in [5, 5.41) is 0. The van der Waals surface area contributed by atoms with Crippen molar-refractivity contribution < 1.29 is 13.9 Å². The van der Waals surface area contributed by atoms with Gasteiger partial charge >= 0.3 is 0 Å². The minimum absolute atomic E-state index is 0.00279. The number of aryl methyl sites for hydroxylation is 1. The number of nitrogens with one attached hydrogen (secondary N) is 1. The molecule has 1 aliphatic heterocycles. The molecule has 1 atom stereocenters. The fourth-order valence-corrected chi connectivity index (χ4v) is 3.21. The van der Waals surface area contributed by atoms with E-state index < -0.39 is 6.04 Å². The Bertz CT molecular complexity index is 797. The Morgan fingerprint density at radius 3 is 2.67 bits per heavy atom. The topological polar surface area (TPSA) is 84.2 Å². The molecule has 0 bridgehead atoms. The molecule has 0 aliphatic carbocycles. The molecule has 0 saturated carbocycles. The third-order valence-electron chi connectivity index (χ3n) is 4.95. The molecule has 0 radical (unpaired) electrons. The second-order valence-electron chi connectivity index (χ2n) is 7.47. The zero-order valence-electron chi connectivity index (χ0n) is 16.0. The number of carbonyl (C=O) groups excluding carboxylic acids is 1. The second kappa shape index (κ2) is 8.08. The lowest BCUT2D eigenvalue weighted by atomic mass is 10.0. The van der Waals surface area contributed by atoms with Crippen molar-refractivity contribution in [1.82, 2.24) is 14.9 Å². The van der Waals surface area contributed by atoms with Crippen LogP contribution in [0.1, 0.15) is 32.4 Å². The number of rotatable bonds is 5. The van der Waals surface area contributed by atoms with Gasteiger partial charge in [-0.15, -0.1) is 0 Å². The highest BCUT2D eigenvalue weighted by atomic mass is 19.1. The van der Waals surface area contributed by atoms with Crippen LogP contribution < -0.4 is 10.5 Å². The zero-order valence-corrected chi connectivity index (χ0v) is 16.0. The highest BCUT2D eigenvalue weighted by molar-refractivity contribution is 5.82. The predicted molar refractivity (Wildman–Crippen MR) is 102 cm³/mol. The van der Waals surface area contributed by atoms with Gasteiger partial charge in [-0.1, -0.05) is 13.8 Å². The van der Waals surface area contributed by atoms with E-state index in [1.54, 1.807) is 12.3 Å². The van der Waals surface area contributed by atoms with Gasteiger partial charge in [0.25, 0.3) is 0 Å². The Hall–Kier alpha value is -2.41. The van der Waals surface area contributed by atoms with E-state index in [9.17, 15) is 9.18 Å². The molecule has 3 rings (SSSR count). The number of piperidine rings is 1. The number of benzene rings is 1. The van der Waals surface area contributed by atoms with Crippen molar-refractivity contribution in [3.8, 4) is 17.1 Å². The van der Waals surface area contributed by atoms with E-state index in [1.807, 2.05) is 25.7 Å². The number of likely N-dealkylation sites (tertiary alicyclic amines) is 1. The van der Waals surface area contributed by atoms with Crippen LogP contribution in [0.5, 0.6) is 5.75 Å². The van der Waals surface area contributed by atoms with Gasteiger partial charge < -0.3 is 20.4 Å². The van der Waals surface area contributed by atoms with Gasteiger partial charge in [0.2, 0.25) is 5.91 Å². The molecule has 1 aliphatic rings. The summed E-state index contributed by atoms with van der Waals surface area (Å²) in [6, 6.07) is 3.98. The summed E-state index contributed by atoms with van der Waals surface area (Å²) in [6.45, 7) is 7.02. The van der Waals surface area contributed by atoms with Crippen LogP contribution in [0.2, 0.25) is 0 Å². The summed E-state index contributed by atoms with van der Waals surface area (Å²) in [7, 11) is 0. The van der Waals surface area contributed by atoms with Gasteiger partial charge in [0.05, 0.1) is 11.6 Å². The summed E-state index contributed by atoms with van der Waals surface area (Å²) in [4.78, 5) is 21.6. The average Bonchev–Trinajstić information content (AvgIpc) is 3.08. The summed E-state index contributed by atoms with van der Waals surface area (Å²) in [5.74, 6) is 0.948. The molecule has 1 saturated heterocycles. The number of hydrogen-bond acceptors (Lipinski definition) is 4. The first-order chi connectivity index (χ1) is 12.8. The molecule has 7 heteroatoms. The summed E-state index contributed by atoms with van der Waals surface area (Å²) < 4.78 is 19.9. The Balaban J connectivity index is 1.67. The molecule has 0 spiro atoms. The molecule has 27 heavy (non-hydrogen) atoms. The van der Waals surface area contributed by atoms with Crippen molar-refractivity contribution in [2.75, 3.05) is 13.1 Å². The SMILES string of the molecule is Cc1cnc(-c2cc(F)ccc2OC2CCN(C(=O)[C@@H](N)C(C)C)CC2)[nH]1. The lowest BCUT2D eigenvalue weighted by molar-refractivity contribution is -0.135. The lowest BCUT2D eigenvalue weighted by Crippen LogP contribution is -2.50. The van der Waals surface area contributed by atoms with Crippen LogP contribution in [0.25, 0.3) is 11.4 Å². The first kappa shape index (κ1) is 19.4. The van der Waals surface area contributed by atoms with Crippen LogP contribution in [0.3, 0.4) is 0 Å². The molecule has 2 heterocycles. The predicted octanol–water partition coefficient (Wildman–Crippen LogP) is 2.88. The molecule has 1 amide bonds. The number of H-pyrrole nitrogens is 1. The Morgan fingerprint density at radius 2 is 2.07 bits per heavy atom. The molecule has 0 unspecified atom stereocenters. The third kappa shape index (κ3) is 4.47. The summed E-state index contributed by atoms with van der Waals surface area (Å²) >= 11 is 0. The minimum atomic E-state index is -0.464. The van der Waals surface area contributed by atoms with E-state index in [-0.39, 0.29) is 23.7 Å². The van der Waals surface area contributed by atoms with Gasteiger partial charge in [0, 0.05) is 37.8 Å². The number of nitrogens with two attached hydrogens (primary N) is 1. The van der Waals surface area contributed by atoms with Crippen LogP contribution >= 0.6 is 0 Å². The standard InChI is InChI=1S/C20H27FN4O2/c1-12(2)18(22)20(26)25-8-6-15(7-9-25)27-17-5-4-14(21)10-16(17)19-23-11-13(3)24-19/h4-5,10-12,15,18H,6-9,22H2,1-3H3,(H,23,24)/t18-/m0/s1. The number of halogens is 1. The zero-order chi connectivity index (χ0) is 19.6. The number of imidazole rings is 1. The number of carbonyl (C=O) groups is 1. The van der Waals surface area contributed by atoms with Crippen molar-refractivity contribution in [2.24, 2.45) is 11.7 Å². The van der Waals surface area contributed by atoms with Crippen molar-refractivity contribution >= 4 is 5.91 Å². The molecular weight excluding hydrogens is 347 g/mol. The van der Waals surface area contributed by atoms with Crippen LogP contribution in [0.4, 0.5) is 4.39 Å². The monoisotopic (exact) mass is 374 g/mol. The van der Waals surface area contributed by atoms with Gasteiger partial charge in [-0.25, -0.2) is 9.37 Å². The largest absolute Gasteiger partial charge is 0.490 e. The van der Waals surface area contributed by atoms with Gasteiger partial charge in [-0.2, -0.15) is 0 Å². The normalized spacial score (nSPS) is 16.6. The van der Waals surface area contributed by atoms with E-state index in [0.717, 1.165) is 5.69 Å². The quantitative estimate of drug-likeness (QED) is 0.843. The van der Waals surface area contributed by atoms with E-state index >= 15 is 0 Å². The van der Waals surface area contributed by atoms with E-state index in [4.69, 9.17) is 10.5 Å². The molecular formula is C20H27FN4O2. The first-order valence-electron chi connectivity index (χ1n) is 9.37. The fourth-order valence-electron chi connectivity index (χ4n) is 3.21. The summed E-state index contributed by atoms with van der Waals surface area (Å²) in [6.07, 6.45) is 3.09. The number of aromatic nitrogens is 2. The summed E-state index contributed by atoms with van der Waals surface area (Å²) in [5.41, 5.74) is 7.48. The molecule has 1 aromatic carbocycles. The molecule has 2 aromatic rings. The highest BCUT2D eigenvalue weighted by Crippen LogP contribution is 2.31. The number of nitrogens with zero attached hydrogens (tertiary/aromatic N) is 2. The fraction of sp³-hybridized carbons (Fsp3) is 0.500. The number of amides is 1. The number of hydrogen-bond donors (Lipinski definition) is 2. The van der Waals surface area contributed by atoms with Gasteiger partial charge in [-0.05, 0) is 31.0 Å². The Labute approximate surface area is 158 Å². The Kier molecular flexibility index (Phi) is 5.79. The maximum Gasteiger partial charge on any atom is 0.239 e. The van der Waals surface area contributed by atoms with Gasteiger partial charge in [0.1, 0.15) is 23.5 Å². The Morgan fingerprint density at radius 1 is 1.37 bits per heavy atom. The van der Waals surface area contributed by atoms with Crippen molar-refractivity contribution in [2.45, 2.75) is 45.8 Å². The minimum Gasteiger partial charge on any atom is -0.490 e. The number of ether oxygens (including phenoxy) is 1. The molecule has 146 valence electrons. The van der Waals surface area contributed by atoms with Gasteiger partial charge in [0.15, 0.2) is 0 Å². The molecule has 1 aromatic heterocycles.